The number of pyridine rings is 1. The normalized spacial score (nSPS) is 22.3. The largest absolute Gasteiger partial charge is 0.381 e. The summed E-state index contributed by atoms with van der Waals surface area (Å²) in [5.41, 5.74) is 1.92. The lowest BCUT2D eigenvalue weighted by atomic mass is 10.0. The van der Waals surface area contributed by atoms with Crippen LogP contribution >= 0.6 is 0 Å². The van der Waals surface area contributed by atoms with E-state index in [2.05, 4.69) is 22.1 Å². The van der Waals surface area contributed by atoms with Gasteiger partial charge in [0.2, 0.25) is 0 Å². The second kappa shape index (κ2) is 8.68. The maximum absolute atomic E-state index is 12.7. The molecule has 144 valence electrons. The van der Waals surface area contributed by atoms with E-state index in [1.54, 1.807) is 6.20 Å². The van der Waals surface area contributed by atoms with Gasteiger partial charge in [0.05, 0.1) is 17.9 Å². The SMILES string of the molecule is C[C@H]1CN(C2CCOCC2)CCN1C(=O)NCc1ncccc1N(C)C. The first-order valence-corrected chi connectivity index (χ1v) is 9.53. The fraction of sp³-hybridized carbons (Fsp3) is 0.684. The zero-order valence-electron chi connectivity index (χ0n) is 16.1. The Bertz CT molecular complexity index is 603. The number of carbonyl (C=O) groups is 1. The number of aromatic nitrogens is 1. The molecule has 2 saturated heterocycles. The Hall–Kier alpha value is -1.86. The summed E-state index contributed by atoms with van der Waals surface area (Å²) >= 11 is 0. The summed E-state index contributed by atoms with van der Waals surface area (Å²) < 4.78 is 5.47. The van der Waals surface area contributed by atoms with Crippen LogP contribution in [0.2, 0.25) is 0 Å². The molecule has 7 nitrogen and oxygen atoms in total. The first kappa shape index (κ1) is 18.9. The van der Waals surface area contributed by atoms with Crippen molar-refractivity contribution in [2.24, 2.45) is 0 Å². The molecule has 1 N–H and O–H groups in total. The van der Waals surface area contributed by atoms with Crippen molar-refractivity contribution in [1.29, 1.82) is 0 Å². The van der Waals surface area contributed by atoms with Crippen molar-refractivity contribution in [2.45, 2.75) is 38.4 Å². The summed E-state index contributed by atoms with van der Waals surface area (Å²) in [4.78, 5) is 23.6. The smallest absolute Gasteiger partial charge is 0.318 e. The van der Waals surface area contributed by atoms with Crippen LogP contribution in [-0.4, -0.2) is 79.8 Å². The number of nitrogens with zero attached hydrogens (tertiary/aromatic N) is 4. The number of urea groups is 1. The van der Waals surface area contributed by atoms with Gasteiger partial charge in [-0.05, 0) is 31.9 Å². The van der Waals surface area contributed by atoms with Gasteiger partial charge in [0.1, 0.15) is 0 Å². The molecular formula is C19H31N5O2. The Morgan fingerprint density at radius 2 is 2.12 bits per heavy atom. The Kier molecular flexibility index (Phi) is 6.32. The fourth-order valence-corrected chi connectivity index (χ4v) is 3.90. The number of hydrogen-bond donors (Lipinski definition) is 1. The van der Waals surface area contributed by atoms with Crippen molar-refractivity contribution in [3.63, 3.8) is 0 Å². The van der Waals surface area contributed by atoms with Gasteiger partial charge in [0.15, 0.2) is 0 Å². The van der Waals surface area contributed by atoms with Crippen molar-refractivity contribution in [3.8, 4) is 0 Å². The van der Waals surface area contributed by atoms with Crippen LogP contribution in [0.4, 0.5) is 10.5 Å². The van der Waals surface area contributed by atoms with Gasteiger partial charge in [-0.25, -0.2) is 4.79 Å². The highest BCUT2D eigenvalue weighted by molar-refractivity contribution is 5.74. The third-order valence-corrected chi connectivity index (χ3v) is 5.38. The van der Waals surface area contributed by atoms with E-state index >= 15 is 0 Å². The van der Waals surface area contributed by atoms with Crippen molar-refractivity contribution >= 4 is 11.7 Å². The second-order valence-corrected chi connectivity index (χ2v) is 7.40. The number of hydrogen-bond acceptors (Lipinski definition) is 5. The van der Waals surface area contributed by atoms with E-state index in [1.165, 1.54) is 0 Å². The molecule has 0 unspecified atom stereocenters. The summed E-state index contributed by atoms with van der Waals surface area (Å²) in [7, 11) is 3.97. The lowest BCUT2D eigenvalue weighted by Gasteiger charge is -2.44. The number of piperazine rings is 1. The highest BCUT2D eigenvalue weighted by Gasteiger charge is 2.31. The molecule has 2 fully saturated rings. The molecule has 3 rings (SSSR count). The molecule has 2 amide bonds. The fourth-order valence-electron chi connectivity index (χ4n) is 3.90. The van der Waals surface area contributed by atoms with Crippen molar-refractivity contribution in [3.05, 3.63) is 24.0 Å². The van der Waals surface area contributed by atoms with E-state index in [-0.39, 0.29) is 12.1 Å². The molecule has 26 heavy (non-hydrogen) atoms. The van der Waals surface area contributed by atoms with E-state index in [4.69, 9.17) is 4.74 Å². The molecule has 0 spiro atoms. The van der Waals surface area contributed by atoms with Gasteiger partial charge in [-0.15, -0.1) is 0 Å². The van der Waals surface area contributed by atoms with Gasteiger partial charge in [-0.3, -0.25) is 9.88 Å². The number of carbonyl (C=O) groups excluding carboxylic acids is 1. The molecule has 7 heteroatoms. The molecule has 0 bridgehead atoms. The average Bonchev–Trinajstić information content (AvgIpc) is 2.67. The maximum Gasteiger partial charge on any atom is 0.318 e. The number of nitrogens with one attached hydrogen (secondary N) is 1. The van der Waals surface area contributed by atoms with E-state index in [1.807, 2.05) is 36.0 Å². The number of ether oxygens (including phenoxy) is 1. The number of rotatable bonds is 4. The van der Waals surface area contributed by atoms with Crippen LogP contribution in [0.3, 0.4) is 0 Å². The second-order valence-electron chi connectivity index (χ2n) is 7.40. The highest BCUT2D eigenvalue weighted by atomic mass is 16.5. The van der Waals surface area contributed by atoms with E-state index in [0.29, 0.717) is 12.6 Å². The molecular weight excluding hydrogens is 330 g/mol. The first-order chi connectivity index (χ1) is 12.6. The van der Waals surface area contributed by atoms with Gasteiger partial charge in [-0.2, -0.15) is 0 Å². The first-order valence-electron chi connectivity index (χ1n) is 9.53. The topological polar surface area (TPSA) is 60.9 Å². The Morgan fingerprint density at radius 3 is 2.81 bits per heavy atom. The quantitative estimate of drug-likeness (QED) is 0.882. The monoisotopic (exact) mass is 361 g/mol. The van der Waals surface area contributed by atoms with Crippen LogP contribution in [0.1, 0.15) is 25.5 Å². The van der Waals surface area contributed by atoms with Crippen LogP contribution in [0.25, 0.3) is 0 Å². The molecule has 0 saturated carbocycles. The van der Waals surface area contributed by atoms with Crippen LogP contribution in [0.5, 0.6) is 0 Å². The molecule has 2 aliphatic rings. The Labute approximate surface area is 156 Å². The third-order valence-electron chi connectivity index (χ3n) is 5.38. The summed E-state index contributed by atoms with van der Waals surface area (Å²) in [6.07, 6.45) is 3.97. The van der Waals surface area contributed by atoms with Gasteiger partial charge in [0.25, 0.3) is 0 Å². The maximum atomic E-state index is 12.7. The minimum absolute atomic E-state index is 0.000475. The molecule has 0 radical (unpaired) electrons. The summed E-state index contributed by atoms with van der Waals surface area (Å²) in [5, 5.41) is 3.05. The minimum Gasteiger partial charge on any atom is -0.381 e. The molecule has 1 aromatic rings. The molecule has 3 heterocycles. The Morgan fingerprint density at radius 1 is 1.35 bits per heavy atom. The van der Waals surface area contributed by atoms with Crippen LogP contribution in [-0.2, 0) is 11.3 Å². The average molecular weight is 361 g/mol. The zero-order chi connectivity index (χ0) is 18.5. The van der Waals surface area contributed by atoms with E-state index in [9.17, 15) is 4.79 Å². The summed E-state index contributed by atoms with van der Waals surface area (Å²) in [6.45, 7) is 6.94. The lowest BCUT2D eigenvalue weighted by molar-refractivity contribution is 0.00699. The summed E-state index contributed by atoms with van der Waals surface area (Å²) in [5.74, 6) is 0. The summed E-state index contributed by atoms with van der Waals surface area (Å²) in [6, 6.07) is 4.75. The lowest BCUT2D eigenvalue weighted by Crippen LogP contribution is -2.59. The minimum atomic E-state index is -0.000475. The van der Waals surface area contributed by atoms with Gasteiger partial charge in [-0.1, -0.05) is 0 Å². The van der Waals surface area contributed by atoms with Gasteiger partial charge in [0, 0.05) is 65.2 Å². The van der Waals surface area contributed by atoms with E-state index < -0.39 is 0 Å². The number of anilines is 1. The number of amides is 2. The van der Waals surface area contributed by atoms with Gasteiger partial charge >= 0.3 is 6.03 Å². The molecule has 1 aromatic heterocycles. The predicted octanol–water partition coefficient (Wildman–Crippen LogP) is 1.54. The molecule has 0 aliphatic carbocycles. The Balaban J connectivity index is 1.53. The standard InChI is InChI=1S/C19H31N5O2/c1-15-14-23(16-6-11-26-12-7-16)9-10-24(15)19(25)21-13-17-18(22(2)3)5-4-8-20-17/h4-5,8,15-16H,6-7,9-14H2,1-3H3,(H,21,25)/t15-/m0/s1. The molecule has 2 aliphatic heterocycles. The van der Waals surface area contributed by atoms with Crippen molar-refractivity contribution < 1.29 is 9.53 Å². The third kappa shape index (κ3) is 4.45. The highest BCUT2D eigenvalue weighted by Crippen LogP contribution is 2.20. The molecule has 1 atom stereocenters. The van der Waals surface area contributed by atoms with Crippen LogP contribution in [0.15, 0.2) is 18.3 Å². The molecule has 0 aromatic carbocycles. The van der Waals surface area contributed by atoms with Crippen LogP contribution in [0, 0.1) is 0 Å². The van der Waals surface area contributed by atoms with Gasteiger partial charge < -0.3 is 19.9 Å². The van der Waals surface area contributed by atoms with Crippen LogP contribution < -0.4 is 10.2 Å². The zero-order valence-corrected chi connectivity index (χ0v) is 16.1. The van der Waals surface area contributed by atoms with Crippen molar-refractivity contribution in [1.82, 2.24) is 20.1 Å². The van der Waals surface area contributed by atoms with Crippen molar-refractivity contribution in [2.75, 3.05) is 51.8 Å². The predicted molar refractivity (Wildman–Crippen MR) is 102 cm³/mol. The van der Waals surface area contributed by atoms with E-state index in [0.717, 1.165) is 57.1 Å².